The van der Waals surface area contributed by atoms with Crippen LogP contribution in [0.5, 0.6) is 0 Å². The van der Waals surface area contributed by atoms with E-state index in [1.54, 1.807) is 5.32 Å². The van der Waals surface area contributed by atoms with Crippen molar-refractivity contribution >= 4 is 0 Å². The summed E-state index contributed by atoms with van der Waals surface area (Å²) in [5, 5.41) is 1.65. The summed E-state index contributed by atoms with van der Waals surface area (Å²) in [6.07, 6.45) is -2.78. The highest BCUT2D eigenvalue weighted by Crippen LogP contribution is 2.15. The molecule has 2 nitrogen and oxygen atoms in total. The van der Waals surface area contributed by atoms with Crippen LogP contribution in [0.3, 0.4) is 0 Å². The second kappa shape index (κ2) is 3.62. The van der Waals surface area contributed by atoms with Crippen LogP contribution in [0, 0.1) is 0 Å². The third-order valence-electron chi connectivity index (χ3n) is 1.99. The largest absolute Gasteiger partial charge is 0.457 e. The number of hydrogen-bond donors (Lipinski definition) is 1. The highest BCUT2D eigenvalue weighted by Gasteiger charge is 2.32. The minimum atomic E-state index is -4.23. The number of likely N-dealkylation sites (N-methyl/N-ethyl adjacent to an activating group) is 1. The third kappa shape index (κ3) is 3.40. The summed E-state index contributed by atoms with van der Waals surface area (Å²) in [5.41, 5.74) is 0. The van der Waals surface area contributed by atoms with E-state index in [0.717, 1.165) is 13.0 Å². The summed E-state index contributed by atoms with van der Waals surface area (Å²) < 4.78 is 35.5. The Morgan fingerprint density at radius 1 is 1.42 bits per heavy atom. The van der Waals surface area contributed by atoms with Crippen molar-refractivity contribution in [3.05, 3.63) is 0 Å². The normalized spacial score (nSPS) is 27.5. The third-order valence-corrected chi connectivity index (χ3v) is 1.99. The molecule has 72 valence electrons. The van der Waals surface area contributed by atoms with Crippen LogP contribution in [0.15, 0.2) is 0 Å². The highest BCUT2D eigenvalue weighted by atomic mass is 19.4. The van der Waals surface area contributed by atoms with Crippen LogP contribution in [-0.4, -0.2) is 37.4 Å². The fourth-order valence-corrected chi connectivity index (χ4v) is 1.52. The molecular formula is C7H13F3N2. The van der Waals surface area contributed by atoms with E-state index in [9.17, 15) is 13.2 Å². The summed E-state index contributed by atoms with van der Waals surface area (Å²) >= 11 is 0. The summed E-state index contributed by atoms with van der Waals surface area (Å²) in [6, 6.07) is -0.427. The second-order valence-electron chi connectivity index (χ2n) is 3.24. The zero-order valence-corrected chi connectivity index (χ0v) is 6.99. The Kier molecular flexibility index (Phi) is 2.95. The van der Waals surface area contributed by atoms with Crippen molar-refractivity contribution in [1.82, 2.24) is 10.2 Å². The first-order valence-corrected chi connectivity index (χ1v) is 4.00. The number of nitrogens with zero attached hydrogens (tertiary/aromatic N) is 1. The molecule has 1 heterocycles. The Morgan fingerprint density at radius 3 is 2.58 bits per heavy atom. The molecule has 1 atom stereocenters. The molecule has 5 heteroatoms. The maximum Gasteiger partial charge on any atom is 0.457 e. The van der Waals surface area contributed by atoms with Gasteiger partial charge in [-0.1, -0.05) is 0 Å². The highest BCUT2D eigenvalue weighted by molar-refractivity contribution is 4.76. The molecule has 0 spiro atoms. The predicted octanol–water partition coefficient (Wildman–Crippen LogP) is 1.19. The molecule has 0 bridgehead atoms. The van der Waals surface area contributed by atoms with Crippen LogP contribution in [0.2, 0.25) is 0 Å². The molecule has 0 amide bonds. The molecule has 1 unspecified atom stereocenters. The van der Waals surface area contributed by atoms with Crippen molar-refractivity contribution in [3.8, 4) is 0 Å². The molecule has 0 aromatic heterocycles. The summed E-state index contributed by atoms with van der Waals surface area (Å²) in [4.78, 5) is 1.91. The van der Waals surface area contributed by atoms with Crippen LogP contribution in [0.1, 0.15) is 12.8 Å². The molecule has 1 saturated heterocycles. The lowest BCUT2D eigenvalue weighted by molar-refractivity contribution is -0.166. The lowest BCUT2D eigenvalue weighted by Crippen LogP contribution is -2.49. The summed E-state index contributed by atoms with van der Waals surface area (Å²) in [6.45, 7) is 1.38. The van der Waals surface area contributed by atoms with E-state index in [1.807, 2.05) is 11.9 Å². The number of hydrogen-bond acceptors (Lipinski definition) is 2. The van der Waals surface area contributed by atoms with Crippen LogP contribution in [0.25, 0.3) is 0 Å². The maximum atomic E-state index is 11.8. The van der Waals surface area contributed by atoms with Crippen molar-refractivity contribution in [2.24, 2.45) is 0 Å². The van der Waals surface area contributed by atoms with Gasteiger partial charge in [0.1, 0.15) is 0 Å². The molecule has 1 N–H and O–H groups in total. The molecule has 0 aromatic rings. The van der Waals surface area contributed by atoms with Gasteiger partial charge in [-0.3, -0.25) is 0 Å². The van der Waals surface area contributed by atoms with Gasteiger partial charge in [-0.05, 0) is 26.4 Å². The van der Waals surface area contributed by atoms with Gasteiger partial charge in [-0.15, -0.1) is 0 Å². The number of nitrogens with one attached hydrogen (secondary N) is 1. The maximum absolute atomic E-state index is 11.8. The minimum Gasteiger partial charge on any atom is -0.305 e. The summed E-state index contributed by atoms with van der Waals surface area (Å²) in [5.74, 6) is 0. The molecule has 0 radical (unpaired) electrons. The fraction of sp³-hybridized carbons (Fsp3) is 1.00. The molecule has 12 heavy (non-hydrogen) atoms. The van der Waals surface area contributed by atoms with Gasteiger partial charge in [0.05, 0.1) is 0 Å². The number of rotatable bonds is 1. The number of piperidine rings is 1. The number of likely N-dealkylation sites (tertiary alicyclic amines) is 1. The monoisotopic (exact) mass is 182 g/mol. The molecule has 1 aliphatic heterocycles. The van der Waals surface area contributed by atoms with E-state index in [0.29, 0.717) is 13.0 Å². The molecule has 0 aromatic carbocycles. The van der Waals surface area contributed by atoms with E-state index >= 15 is 0 Å². The minimum absolute atomic E-state index is 0.427. The van der Waals surface area contributed by atoms with Gasteiger partial charge in [0.15, 0.2) is 0 Å². The zero-order valence-electron chi connectivity index (χ0n) is 6.99. The van der Waals surface area contributed by atoms with Crippen LogP contribution >= 0.6 is 0 Å². The first-order chi connectivity index (χ1) is 5.47. The Morgan fingerprint density at radius 2 is 2.08 bits per heavy atom. The van der Waals surface area contributed by atoms with Crippen molar-refractivity contribution < 1.29 is 13.2 Å². The first-order valence-electron chi connectivity index (χ1n) is 4.00. The van der Waals surface area contributed by atoms with Crippen molar-refractivity contribution in [2.75, 3.05) is 20.1 Å². The summed E-state index contributed by atoms with van der Waals surface area (Å²) in [7, 11) is 1.84. The van der Waals surface area contributed by atoms with Gasteiger partial charge in [-0.2, -0.15) is 13.2 Å². The topological polar surface area (TPSA) is 15.3 Å². The van der Waals surface area contributed by atoms with Crippen molar-refractivity contribution in [3.63, 3.8) is 0 Å². The van der Waals surface area contributed by atoms with Gasteiger partial charge in [0.25, 0.3) is 0 Å². The molecular weight excluding hydrogens is 169 g/mol. The van der Waals surface area contributed by atoms with Crippen molar-refractivity contribution in [2.45, 2.75) is 25.2 Å². The van der Waals surface area contributed by atoms with E-state index in [-0.39, 0.29) is 0 Å². The van der Waals surface area contributed by atoms with Gasteiger partial charge >= 0.3 is 6.30 Å². The lowest BCUT2D eigenvalue weighted by atomic mass is 10.1. The average molecular weight is 182 g/mol. The zero-order chi connectivity index (χ0) is 9.19. The molecule has 0 saturated carbocycles. The van der Waals surface area contributed by atoms with Gasteiger partial charge in [0, 0.05) is 12.6 Å². The molecule has 0 aliphatic carbocycles. The van der Waals surface area contributed by atoms with E-state index in [2.05, 4.69) is 0 Å². The van der Waals surface area contributed by atoms with Crippen LogP contribution in [0.4, 0.5) is 13.2 Å². The Bertz CT molecular complexity index is 146. The molecule has 1 rings (SSSR count). The molecule has 1 aliphatic rings. The Hall–Kier alpha value is -0.290. The van der Waals surface area contributed by atoms with Gasteiger partial charge < -0.3 is 4.90 Å². The van der Waals surface area contributed by atoms with Gasteiger partial charge in [0.2, 0.25) is 0 Å². The van der Waals surface area contributed by atoms with Gasteiger partial charge in [-0.25, -0.2) is 5.32 Å². The Labute approximate surface area is 69.7 Å². The van der Waals surface area contributed by atoms with Crippen LogP contribution in [-0.2, 0) is 0 Å². The lowest BCUT2D eigenvalue weighted by Gasteiger charge is -2.30. The Balaban J connectivity index is 2.32. The number of halogens is 3. The molecule has 1 fully saturated rings. The van der Waals surface area contributed by atoms with E-state index < -0.39 is 12.3 Å². The number of alkyl halides is 3. The first kappa shape index (κ1) is 9.80. The average Bonchev–Trinajstić information content (AvgIpc) is 1.82. The fourth-order valence-electron chi connectivity index (χ4n) is 1.52. The SMILES string of the molecule is CN1CCCC(NC(F)(F)F)C1. The quantitative estimate of drug-likeness (QED) is 0.613. The second-order valence-corrected chi connectivity index (χ2v) is 3.24. The van der Waals surface area contributed by atoms with Crippen LogP contribution < -0.4 is 5.32 Å². The van der Waals surface area contributed by atoms with E-state index in [4.69, 9.17) is 0 Å². The van der Waals surface area contributed by atoms with E-state index in [1.165, 1.54) is 0 Å². The standard InChI is InChI=1S/C7H13F3N2/c1-12-4-2-3-6(5-12)11-7(8,9)10/h6,11H,2-5H2,1H3. The predicted molar refractivity (Wildman–Crippen MR) is 39.7 cm³/mol. The van der Waals surface area contributed by atoms with Crippen molar-refractivity contribution in [1.29, 1.82) is 0 Å². The smallest absolute Gasteiger partial charge is 0.305 e.